The van der Waals surface area contributed by atoms with E-state index >= 15 is 0 Å². The first-order chi connectivity index (χ1) is 10.8. The standard InChI is InChI=1S/C14H17FN4O3S/c1-14(2)7-12(8-22-14)23(20,21)9-13-16-17-18-19(13)11-5-3-10(15)4-6-11/h3-6,12H,7-9H2,1-2H3. The summed E-state index contributed by atoms with van der Waals surface area (Å²) in [6.07, 6.45) is 0.438. The van der Waals surface area contributed by atoms with Crippen molar-refractivity contribution in [2.24, 2.45) is 0 Å². The zero-order chi connectivity index (χ0) is 16.7. The maximum absolute atomic E-state index is 13.0. The molecule has 1 unspecified atom stereocenters. The summed E-state index contributed by atoms with van der Waals surface area (Å²) >= 11 is 0. The Balaban J connectivity index is 1.84. The van der Waals surface area contributed by atoms with Gasteiger partial charge in [-0.2, -0.15) is 4.68 Å². The van der Waals surface area contributed by atoms with Gasteiger partial charge in [0.1, 0.15) is 11.6 Å². The third kappa shape index (κ3) is 3.40. The molecule has 9 heteroatoms. The molecule has 1 saturated heterocycles. The summed E-state index contributed by atoms with van der Waals surface area (Å²) < 4.78 is 45.0. The number of halogens is 1. The number of nitrogens with zero attached hydrogens (tertiary/aromatic N) is 4. The molecular weight excluding hydrogens is 323 g/mol. The Labute approximate surface area is 133 Å². The van der Waals surface area contributed by atoms with Gasteiger partial charge in [0, 0.05) is 0 Å². The van der Waals surface area contributed by atoms with Crippen molar-refractivity contribution in [2.75, 3.05) is 6.61 Å². The third-order valence-electron chi connectivity index (χ3n) is 3.82. The van der Waals surface area contributed by atoms with E-state index in [4.69, 9.17) is 4.74 Å². The Morgan fingerprint density at radius 1 is 1.35 bits per heavy atom. The number of aromatic nitrogens is 4. The Bertz CT molecular complexity index is 802. The highest BCUT2D eigenvalue weighted by Gasteiger charge is 2.40. The van der Waals surface area contributed by atoms with Crippen molar-refractivity contribution in [3.05, 3.63) is 35.9 Å². The van der Waals surface area contributed by atoms with Gasteiger partial charge in [-0.3, -0.25) is 0 Å². The minimum atomic E-state index is -3.46. The number of ether oxygens (including phenoxy) is 1. The summed E-state index contributed by atoms with van der Waals surface area (Å²) in [6.45, 7) is 3.91. The van der Waals surface area contributed by atoms with E-state index in [-0.39, 0.29) is 24.0 Å². The average molecular weight is 340 g/mol. The molecule has 0 bridgehead atoms. The minimum absolute atomic E-state index is 0.174. The van der Waals surface area contributed by atoms with Gasteiger partial charge in [0.15, 0.2) is 15.7 Å². The van der Waals surface area contributed by atoms with Crippen LogP contribution < -0.4 is 0 Å². The van der Waals surface area contributed by atoms with Gasteiger partial charge in [-0.15, -0.1) is 5.10 Å². The van der Waals surface area contributed by atoms with Gasteiger partial charge in [-0.05, 0) is 55.0 Å². The van der Waals surface area contributed by atoms with Crippen LogP contribution >= 0.6 is 0 Å². The monoisotopic (exact) mass is 340 g/mol. The summed E-state index contributed by atoms with van der Waals surface area (Å²) in [6, 6.07) is 5.51. The first kappa shape index (κ1) is 16.0. The number of benzene rings is 1. The van der Waals surface area contributed by atoms with Crippen molar-refractivity contribution in [1.29, 1.82) is 0 Å². The smallest absolute Gasteiger partial charge is 0.171 e. The minimum Gasteiger partial charge on any atom is -0.374 e. The zero-order valence-electron chi connectivity index (χ0n) is 12.8. The molecule has 0 amide bonds. The van der Waals surface area contributed by atoms with E-state index in [2.05, 4.69) is 15.5 Å². The van der Waals surface area contributed by atoms with Crippen LogP contribution in [-0.2, 0) is 20.3 Å². The molecule has 1 aliphatic rings. The highest BCUT2D eigenvalue weighted by Crippen LogP contribution is 2.30. The van der Waals surface area contributed by atoms with E-state index in [0.717, 1.165) is 0 Å². The second-order valence-electron chi connectivity index (χ2n) is 6.19. The van der Waals surface area contributed by atoms with Crippen molar-refractivity contribution < 1.29 is 17.5 Å². The number of rotatable bonds is 4. The highest BCUT2D eigenvalue weighted by atomic mass is 32.2. The van der Waals surface area contributed by atoms with Crippen LogP contribution in [0, 0.1) is 5.82 Å². The topological polar surface area (TPSA) is 87.0 Å². The van der Waals surface area contributed by atoms with E-state index < -0.39 is 20.7 Å². The summed E-state index contributed by atoms with van der Waals surface area (Å²) in [5, 5.41) is 10.5. The van der Waals surface area contributed by atoms with Crippen LogP contribution in [0.1, 0.15) is 26.1 Å². The number of hydrogen-bond acceptors (Lipinski definition) is 6. The van der Waals surface area contributed by atoms with E-state index in [1.807, 2.05) is 13.8 Å². The maximum Gasteiger partial charge on any atom is 0.171 e. The number of sulfone groups is 1. The Morgan fingerprint density at radius 3 is 2.65 bits per heavy atom. The first-order valence-electron chi connectivity index (χ1n) is 7.16. The second kappa shape index (κ2) is 5.64. The first-order valence-corrected chi connectivity index (χ1v) is 8.87. The SMILES string of the molecule is CC1(C)CC(S(=O)(=O)Cc2nnnn2-c2ccc(F)cc2)CO1. The molecule has 0 aliphatic carbocycles. The summed E-state index contributed by atoms with van der Waals surface area (Å²) in [4.78, 5) is 0. The highest BCUT2D eigenvalue weighted by molar-refractivity contribution is 7.91. The van der Waals surface area contributed by atoms with Gasteiger partial charge in [-0.25, -0.2) is 12.8 Å². The van der Waals surface area contributed by atoms with Gasteiger partial charge in [0.2, 0.25) is 0 Å². The van der Waals surface area contributed by atoms with E-state index in [0.29, 0.717) is 12.1 Å². The van der Waals surface area contributed by atoms with Crippen molar-refractivity contribution in [3.63, 3.8) is 0 Å². The van der Waals surface area contributed by atoms with Crippen LogP contribution in [0.2, 0.25) is 0 Å². The van der Waals surface area contributed by atoms with Crippen molar-refractivity contribution in [3.8, 4) is 5.69 Å². The van der Waals surface area contributed by atoms with E-state index in [1.54, 1.807) is 0 Å². The number of hydrogen-bond donors (Lipinski definition) is 0. The summed E-state index contributed by atoms with van der Waals surface area (Å²) in [5.74, 6) is -0.482. The molecule has 0 spiro atoms. The van der Waals surface area contributed by atoms with Crippen molar-refractivity contribution in [2.45, 2.75) is 36.9 Å². The van der Waals surface area contributed by atoms with E-state index in [1.165, 1.54) is 28.9 Å². The lowest BCUT2D eigenvalue weighted by atomic mass is 10.1. The fourth-order valence-corrected chi connectivity index (χ4v) is 4.30. The largest absolute Gasteiger partial charge is 0.374 e. The normalized spacial score (nSPS) is 20.7. The lowest BCUT2D eigenvalue weighted by Gasteiger charge is -2.15. The summed E-state index contributed by atoms with van der Waals surface area (Å²) in [5.41, 5.74) is 0.0604. The molecule has 1 atom stereocenters. The maximum atomic E-state index is 13.0. The molecule has 2 heterocycles. The molecular formula is C14H17FN4O3S. The van der Waals surface area contributed by atoms with Crippen LogP contribution in [-0.4, -0.2) is 46.1 Å². The van der Waals surface area contributed by atoms with Crippen molar-refractivity contribution in [1.82, 2.24) is 20.2 Å². The number of tetrazole rings is 1. The molecule has 1 aromatic carbocycles. The Kier molecular flexibility index (Phi) is 3.93. The molecule has 0 radical (unpaired) electrons. The molecule has 2 aromatic rings. The molecule has 23 heavy (non-hydrogen) atoms. The zero-order valence-corrected chi connectivity index (χ0v) is 13.6. The molecule has 1 fully saturated rings. The van der Waals surface area contributed by atoms with Crippen LogP contribution in [0.15, 0.2) is 24.3 Å². The fourth-order valence-electron chi connectivity index (χ4n) is 2.59. The Hall–Kier alpha value is -1.87. The Morgan fingerprint density at radius 2 is 2.04 bits per heavy atom. The summed E-state index contributed by atoms with van der Waals surface area (Å²) in [7, 11) is -3.46. The molecule has 3 rings (SSSR count). The van der Waals surface area contributed by atoms with Gasteiger partial charge in [-0.1, -0.05) is 0 Å². The molecule has 124 valence electrons. The van der Waals surface area contributed by atoms with Crippen LogP contribution in [0.3, 0.4) is 0 Å². The van der Waals surface area contributed by atoms with Crippen LogP contribution in [0.5, 0.6) is 0 Å². The van der Waals surface area contributed by atoms with E-state index in [9.17, 15) is 12.8 Å². The predicted octanol–water partition coefficient (Wildman–Crippen LogP) is 1.28. The molecule has 1 aromatic heterocycles. The van der Waals surface area contributed by atoms with Gasteiger partial charge >= 0.3 is 0 Å². The fraction of sp³-hybridized carbons (Fsp3) is 0.500. The predicted molar refractivity (Wildman–Crippen MR) is 80.2 cm³/mol. The molecule has 0 N–H and O–H groups in total. The molecule has 7 nitrogen and oxygen atoms in total. The van der Waals surface area contributed by atoms with Gasteiger partial charge in [0.25, 0.3) is 0 Å². The van der Waals surface area contributed by atoms with Gasteiger partial charge in [0.05, 0.1) is 23.1 Å². The quantitative estimate of drug-likeness (QED) is 0.833. The third-order valence-corrected chi connectivity index (χ3v) is 5.80. The average Bonchev–Trinajstić information content (AvgIpc) is 3.06. The van der Waals surface area contributed by atoms with Gasteiger partial charge < -0.3 is 4.74 Å². The molecule has 1 aliphatic heterocycles. The van der Waals surface area contributed by atoms with Crippen molar-refractivity contribution >= 4 is 9.84 Å². The lowest BCUT2D eigenvalue weighted by molar-refractivity contribution is 0.0368. The molecule has 0 saturated carbocycles. The van der Waals surface area contributed by atoms with Crippen LogP contribution in [0.4, 0.5) is 4.39 Å². The van der Waals surface area contributed by atoms with Crippen LogP contribution in [0.25, 0.3) is 5.69 Å². The lowest BCUT2D eigenvalue weighted by Crippen LogP contribution is -2.26. The second-order valence-corrected chi connectivity index (χ2v) is 8.47.